The van der Waals surface area contributed by atoms with Gasteiger partial charge in [0.1, 0.15) is 0 Å². The molecule has 0 radical (unpaired) electrons. The molecule has 4 rings (SSSR count). The summed E-state index contributed by atoms with van der Waals surface area (Å²) in [6, 6.07) is 21.9. The Labute approximate surface area is 197 Å². The van der Waals surface area contributed by atoms with Crippen LogP contribution in [0, 0.1) is 0 Å². The van der Waals surface area contributed by atoms with Gasteiger partial charge in [-0.15, -0.1) is 24.0 Å². The lowest BCUT2D eigenvalue weighted by molar-refractivity contribution is 0.0170. The molecule has 1 atom stereocenters. The monoisotopic (exact) mass is 520 g/mol. The molecule has 6 heteroatoms. The number of hydrogen-bond acceptors (Lipinski definition) is 3. The summed E-state index contributed by atoms with van der Waals surface area (Å²) in [7, 11) is 1.85. The zero-order valence-corrected chi connectivity index (χ0v) is 20.0. The summed E-state index contributed by atoms with van der Waals surface area (Å²) in [6.07, 6.45) is 2.48. The second kappa shape index (κ2) is 11.1. The van der Waals surface area contributed by atoms with Crippen LogP contribution in [0.4, 0.5) is 0 Å². The molecule has 162 valence electrons. The summed E-state index contributed by atoms with van der Waals surface area (Å²) in [4.78, 5) is 6.98. The van der Waals surface area contributed by atoms with Gasteiger partial charge in [0.05, 0.1) is 19.3 Å². The number of ether oxygens (including phenoxy) is 1. The van der Waals surface area contributed by atoms with Crippen LogP contribution >= 0.6 is 24.0 Å². The predicted molar refractivity (Wildman–Crippen MR) is 134 cm³/mol. The normalized spacial score (nSPS) is 19.4. The number of halogens is 1. The average Bonchev–Trinajstić information content (AvgIpc) is 3.59. The van der Waals surface area contributed by atoms with E-state index in [0.717, 1.165) is 45.4 Å². The Morgan fingerprint density at radius 2 is 1.63 bits per heavy atom. The zero-order valence-electron chi connectivity index (χ0n) is 17.7. The Bertz CT molecular complexity index is 789. The van der Waals surface area contributed by atoms with Crippen LogP contribution in [0.2, 0.25) is 0 Å². The molecule has 1 unspecified atom stereocenters. The van der Waals surface area contributed by atoms with Crippen molar-refractivity contribution in [1.29, 1.82) is 0 Å². The molecule has 0 bridgehead atoms. The van der Waals surface area contributed by atoms with Crippen molar-refractivity contribution in [1.82, 2.24) is 15.5 Å². The fourth-order valence-corrected chi connectivity index (χ4v) is 4.20. The van der Waals surface area contributed by atoms with Gasteiger partial charge < -0.3 is 15.4 Å². The standard InChI is InChI=1S/C24H32N4O.HI/c1-25-23(27-19-24(12-13-24)21-10-6-3-7-11-21)26-18-22(20-8-4-2-5-9-20)28-14-16-29-17-15-28;/h2-11,22H,12-19H2,1H3,(H2,25,26,27);1H. The molecule has 2 aliphatic rings. The second-order valence-electron chi connectivity index (χ2n) is 8.03. The van der Waals surface area contributed by atoms with Gasteiger partial charge in [0.2, 0.25) is 0 Å². The number of nitrogens with zero attached hydrogens (tertiary/aromatic N) is 2. The third-order valence-corrected chi connectivity index (χ3v) is 6.19. The zero-order chi connectivity index (χ0) is 19.9. The van der Waals surface area contributed by atoms with Crippen molar-refractivity contribution in [2.45, 2.75) is 24.3 Å². The first-order valence-corrected chi connectivity index (χ1v) is 10.7. The molecular formula is C24H33IN4O. The fraction of sp³-hybridized carbons (Fsp3) is 0.458. The summed E-state index contributed by atoms with van der Waals surface area (Å²) in [5.41, 5.74) is 3.03. The van der Waals surface area contributed by atoms with E-state index in [0.29, 0.717) is 6.04 Å². The third-order valence-electron chi connectivity index (χ3n) is 6.19. The largest absolute Gasteiger partial charge is 0.379 e. The van der Waals surface area contributed by atoms with E-state index in [-0.39, 0.29) is 29.4 Å². The highest BCUT2D eigenvalue weighted by molar-refractivity contribution is 14.0. The van der Waals surface area contributed by atoms with Gasteiger partial charge in [0.25, 0.3) is 0 Å². The minimum absolute atomic E-state index is 0. The van der Waals surface area contributed by atoms with Crippen LogP contribution in [-0.2, 0) is 10.2 Å². The molecule has 2 aromatic rings. The Balaban J connectivity index is 0.00000256. The summed E-state index contributed by atoms with van der Waals surface area (Å²) >= 11 is 0. The molecule has 30 heavy (non-hydrogen) atoms. The van der Waals surface area contributed by atoms with E-state index in [4.69, 9.17) is 4.74 Å². The predicted octanol–water partition coefficient (Wildman–Crippen LogP) is 3.57. The molecule has 0 spiro atoms. The van der Waals surface area contributed by atoms with Crippen molar-refractivity contribution >= 4 is 29.9 Å². The van der Waals surface area contributed by atoms with Gasteiger partial charge in [-0.2, -0.15) is 0 Å². The minimum Gasteiger partial charge on any atom is -0.379 e. The molecule has 2 fully saturated rings. The van der Waals surface area contributed by atoms with Crippen LogP contribution in [-0.4, -0.2) is 57.3 Å². The van der Waals surface area contributed by atoms with E-state index in [2.05, 4.69) is 81.2 Å². The molecule has 1 saturated carbocycles. The first kappa shape index (κ1) is 23.0. The van der Waals surface area contributed by atoms with Crippen molar-refractivity contribution in [2.75, 3.05) is 46.4 Å². The lowest BCUT2D eigenvalue weighted by Gasteiger charge is -2.35. The van der Waals surface area contributed by atoms with E-state index in [1.807, 2.05) is 7.05 Å². The lowest BCUT2D eigenvalue weighted by atomic mass is 9.96. The van der Waals surface area contributed by atoms with Gasteiger partial charge in [-0.3, -0.25) is 9.89 Å². The molecule has 1 aliphatic carbocycles. The molecule has 0 aromatic heterocycles. The van der Waals surface area contributed by atoms with Gasteiger partial charge >= 0.3 is 0 Å². The van der Waals surface area contributed by atoms with E-state index < -0.39 is 0 Å². The van der Waals surface area contributed by atoms with Gasteiger partial charge in [-0.05, 0) is 24.0 Å². The first-order chi connectivity index (χ1) is 14.3. The highest BCUT2D eigenvalue weighted by atomic mass is 127. The molecule has 2 aromatic carbocycles. The van der Waals surface area contributed by atoms with Crippen LogP contribution in [0.15, 0.2) is 65.7 Å². The van der Waals surface area contributed by atoms with E-state index in [1.54, 1.807) is 0 Å². The number of benzene rings is 2. The van der Waals surface area contributed by atoms with Crippen molar-refractivity contribution in [3.8, 4) is 0 Å². The molecule has 1 heterocycles. The van der Waals surface area contributed by atoms with E-state index in [9.17, 15) is 0 Å². The van der Waals surface area contributed by atoms with Gasteiger partial charge in [-0.1, -0.05) is 60.7 Å². The van der Waals surface area contributed by atoms with Gasteiger partial charge in [0.15, 0.2) is 5.96 Å². The molecule has 2 N–H and O–H groups in total. The molecular weight excluding hydrogens is 487 g/mol. The average molecular weight is 520 g/mol. The van der Waals surface area contributed by atoms with E-state index >= 15 is 0 Å². The fourth-order valence-electron chi connectivity index (χ4n) is 4.20. The number of guanidine groups is 1. The van der Waals surface area contributed by atoms with Crippen LogP contribution < -0.4 is 10.6 Å². The van der Waals surface area contributed by atoms with E-state index in [1.165, 1.54) is 24.0 Å². The molecule has 1 saturated heterocycles. The number of hydrogen-bond donors (Lipinski definition) is 2. The van der Waals surface area contributed by atoms with Crippen molar-refractivity contribution in [2.24, 2.45) is 4.99 Å². The van der Waals surface area contributed by atoms with Crippen LogP contribution in [0.3, 0.4) is 0 Å². The maximum atomic E-state index is 5.56. The summed E-state index contributed by atoms with van der Waals surface area (Å²) in [6.45, 7) is 5.27. The van der Waals surface area contributed by atoms with Gasteiger partial charge in [0, 0.05) is 38.6 Å². The van der Waals surface area contributed by atoms with Crippen LogP contribution in [0.25, 0.3) is 0 Å². The quantitative estimate of drug-likeness (QED) is 0.333. The number of aliphatic imine (C=N–C) groups is 1. The Kier molecular flexibility index (Phi) is 8.53. The molecule has 0 amide bonds. The van der Waals surface area contributed by atoms with Gasteiger partial charge in [-0.25, -0.2) is 0 Å². The van der Waals surface area contributed by atoms with Crippen LogP contribution in [0.1, 0.15) is 30.0 Å². The molecule has 5 nitrogen and oxygen atoms in total. The smallest absolute Gasteiger partial charge is 0.191 e. The Morgan fingerprint density at radius 3 is 2.23 bits per heavy atom. The first-order valence-electron chi connectivity index (χ1n) is 10.7. The highest BCUT2D eigenvalue weighted by Crippen LogP contribution is 2.47. The maximum absolute atomic E-state index is 5.56. The maximum Gasteiger partial charge on any atom is 0.191 e. The number of nitrogens with one attached hydrogen (secondary N) is 2. The van der Waals surface area contributed by atoms with Crippen molar-refractivity contribution in [3.63, 3.8) is 0 Å². The topological polar surface area (TPSA) is 48.9 Å². The van der Waals surface area contributed by atoms with Crippen molar-refractivity contribution < 1.29 is 4.74 Å². The number of rotatable bonds is 7. The summed E-state index contributed by atoms with van der Waals surface area (Å²) < 4.78 is 5.56. The minimum atomic E-state index is 0. The SMILES string of the molecule is CN=C(NCC(c1ccccc1)N1CCOCC1)NCC1(c2ccccc2)CC1.I. The third kappa shape index (κ3) is 5.74. The lowest BCUT2D eigenvalue weighted by Crippen LogP contribution is -2.47. The number of morpholine rings is 1. The molecule has 1 aliphatic heterocycles. The Morgan fingerprint density at radius 1 is 1.00 bits per heavy atom. The second-order valence-corrected chi connectivity index (χ2v) is 8.03. The Hall–Kier alpha value is -1.64. The summed E-state index contributed by atoms with van der Waals surface area (Å²) in [5.74, 6) is 0.876. The van der Waals surface area contributed by atoms with Crippen LogP contribution in [0.5, 0.6) is 0 Å². The van der Waals surface area contributed by atoms with Crippen molar-refractivity contribution in [3.05, 3.63) is 71.8 Å². The summed E-state index contributed by atoms with van der Waals surface area (Å²) in [5, 5.41) is 7.15. The highest BCUT2D eigenvalue weighted by Gasteiger charge is 2.44.